The Labute approximate surface area is 140 Å². The monoisotopic (exact) mass is 324 g/mol. The first-order valence-corrected chi connectivity index (χ1v) is 7.97. The number of nitrogens with one attached hydrogen (secondary N) is 1. The van der Waals surface area contributed by atoms with Crippen LogP contribution in [-0.4, -0.2) is 28.9 Å². The first-order valence-electron chi connectivity index (χ1n) is 7.97. The van der Waals surface area contributed by atoms with E-state index in [0.717, 1.165) is 18.4 Å². The number of phenols is 1. The Bertz CT molecular complexity index is 751. The highest BCUT2D eigenvalue weighted by Crippen LogP contribution is 2.30. The smallest absolute Gasteiger partial charge is 0.253 e. The van der Waals surface area contributed by atoms with E-state index in [0.29, 0.717) is 17.8 Å². The third-order valence-electron chi connectivity index (χ3n) is 4.02. The number of anilines is 1. The van der Waals surface area contributed by atoms with Crippen LogP contribution in [0.5, 0.6) is 5.75 Å². The first kappa shape index (κ1) is 16.1. The summed E-state index contributed by atoms with van der Waals surface area (Å²) in [7, 11) is 1.72. The van der Waals surface area contributed by atoms with Crippen LogP contribution in [0.3, 0.4) is 0 Å². The molecule has 2 aromatic carbocycles. The summed E-state index contributed by atoms with van der Waals surface area (Å²) in [5.74, 6) is 0.275. The Morgan fingerprint density at radius 3 is 2.50 bits per heavy atom. The molecule has 3 rings (SSSR count). The molecule has 0 radical (unpaired) electrons. The molecule has 0 saturated heterocycles. The normalized spacial score (nSPS) is 13.4. The van der Waals surface area contributed by atoms with Crippen molar-refractivity contribution in [2.75, 3.05) is 12.4 Å². The molecule has 5 nitrogen and oxygen atoms in total. The third-order valence-corrected chi connectivity index (χ3v) is 4.02. The van der Waals surface area contributed by atoms with Crippen LogP contribution in [0.1, 0.15) is 28.8 Å². The zero-order chi connectivity index (χ0) is 17.1. The minimum atomic E-state index is -0.113. The third kappa shape index (κ3) is 3.93. The van der Waals surface area contributed by atoms with Crippen LogP contribution in [0.15, 0.2) is 48.5 Å². The summed E-state index contributed by atoms with van der Waals surface area (Å²) in [6.45, 7) is 0.410. The van der Waals surface area contributed by atoms with E-state index in [1.54, 1.807) is 54.4 Å². The van der Waals surface area contributed by atoms with E-state index in [2.05, 4.69) is 5.32 Å². The minimum Gasteiger partial charge on any atom is -0.508 e. The largest absolute Gasteiger partial charge is 0.508 e. The van der Waals surface area contributed by atoms with Crippen LogP contribution in [-0.2, 0) is 11.3 Å². The van der Waals surface area contributed by atoms with E-state index in [-0.39, 0.29) is 23.5 Å². The van der Waals surface area contributed by atoms with E-state index in [4.69, 9.17) is 0 Å². The second kappa shape index (κ2) is 6.74. The van der Waals surface area contributed by atoms with Gasteiger partial charge in [-0.1, -0.05) is 12.1 Å². The van der Waals surface area contributed by atoms with Crippen molar-refractivity contribution in [2.45, 2.75) is 19.4 Å². The molecule has 1 saturated carbocycles. The van der Waals surface area contributed by atoms with Gasteiger partial charge in [-0.3, -0.25) is 9.59 Å². The molecule has 0 aliphatic heterocycles. The van der Waals surface area contributed by atoms with Crippen molar-refractivity contribution in [1.82, 2.24) is 4.90 Å². The molecule has 0 bridgehead atoms. The Hall–Kier alpha value is -2.82. The standard InChI is InChI=1S/C19H20N2O3/c1-21(12-13-3-2-4-17(22)11-13)19(24)15-7-9-16(10-8-15)20-18(23)14-5-6-14/h2-4,7-11,14,22H,5-6,12H2,1H3,(H,20,23). The van der Waals surface area contributed by atoms with Gasteiger partial charge in [-0.2, -0.15) is 0 Å². The van der Waals surface area contributed by atoms with Crippen molar-refractivity contribution in [3.63, 3.8) is 0 Å². The molecule has 2 aromatic rings. The van der Waals surface area contributed by atoms with Crippen LogP contribution in [0, 0.1) is 5.92 Å². The Morgan fingerprint density at radius 2 is 1.88 bits per heavy atom. The molecule has 1 aliphatic rings. The molecule has 1 fully saturated rings. The number of carbonyl (C=O) groups is 2. The highest BCUT2D eigenvalue weighted by Gasteiger charge is 2.29. The van der Waals surface area contributed by atoms with Crippen molar-refractivity contribution in [3.8, 4) is 5.75 Å². The van der Waals surface area contributed by atoms with Crippen LogP contribution < -0.4 is 5.32 Å². The fraction of sp³-hybridized carbons (Fsp3) is 0.263. The van der Waals surface area contributed by atoms with Gasteiger partial charge in [0.2, 0.25) is 5.91 Å². The number of rotatable bonds is 5. The second-order valence-electron chi connectivity index (χ2n) is 6.17. The SMILES string of the molecule is CN(Cc1cccc(O)c1)C(=O)c1ccc(NC(=O)C2CC2)cc1. The molecule has 0 aromatic heterocycles. The molecule has 2 N–H and O–H groups in total. The lowest BCUT2D eigenvalue weighted by Gasteiger charge is -2.17. The van der Waals surface area contributed by atoms with E-state index >= 15 is 0 Å². The average Bonchev–Trinajstić information content (AvgIpc) is 3.40. The van der Waals surface area contributed by atoms with Gasteiger partial charge in [-0.25, -0.2) is 0 Å². The average molecular weight is 324 g/mol. The maximum absolute atomic E-state index is 12.5. The quantitative estimate of drug-likeness (QED) is 0.888. The number of carbonyl (C=O) groups excluding carboxylic acids is 2. The summed E-state index contributed by atoms with van der Waals surface area (Å²) in [5, 5.41) is 12.3. The minimum absolute atomic E-state index is 0.0510. The summed E-state index contributed by atoms with van der Waals surface area (Å²) in [5.41, 5.74) is 2.13. The van der Waals surface area contributed by atoms with Gasteiger partial charge in [-0.05, 0) is 54.8 Å². The molecule has 24 heavy (non-hydrogen) atoms. The number of aromatic hydroxyl groups is 1. The maximum Gasteiger partial charge on any atom is 0.253 e. The van der Waals surface area contributed by atoms with Gasteiger partial charge in [0, 0.05) is 30.8 Å². The zero-order valence-corrected chi connectivity index (χ0v) is 13.5. The molecule has 0 unspecified atom stereocenters. The summed E-state index contributed by atoms with van der Waals surface area (Å²) < 4.78 is 0. The molecule has 0 spiro atoms. The fourth-order valence-corrected chi connectivity index (χ4v) is 2.51. The van der Waals surface area contributed by atoms with Crippen LogP contribution >= 0.6 is 0 Å². The first-order chi connectivity index (χ1) is 11.5. The summed E-state index contributed by atoms with van der Waals surface area (Å²) >= 11 is 0. The highest BCUT2D eigenvalue weighted by molar-refractivity contribution is 5.96. The number of hydrogen-bond acceptors (Lipinski definition) is 3. The highest BCUT2D eigenvalue weighted by atomic mass is 16.3. The van der Waals surface area contributed by atoms with Gasteiger partial charge in [-0.15, -0.1) is 0 Å². The van der Waals surface area contributed by atoms with Gasteiger partial charge in [0.15, 0.2) is 0 Å². The van der Waals surface area contributed by atoms with Crippen LogP contribution in [0.2, 0.25) is 0 Å². The number of phenolic OH excluding ortho intramolecular Hbond substituents is 1. The number of hydrogen-bond donors (Lipinski definition) is 2. The summed E-state index contributed by atoms with van der Waals surface area (Å²) in [6.07, 6.45) is 1.92. The number of nitrogens with zero attached hydrogens (tertiary/aromatic N) is 1. The molecule has 124 valence electrons. The summed E-state index contributed by atoms with van der Waals surface area (Å²) in [4.78, 5) is 25.8. The zero-order valence-electron chi connectivity index (χ0n) is 13.5. The van der Waals surface area contributed by atoms with Crippen LogP contribution in [0.4, 0.5) is 5.69 Å². The Kier molecular flexibility index (Phi) is 4.51. The van der Waals surface area contributed by atoms with Crippen molar-refractivity contribution in [2.24, 2.45) is 5.92 Å². The van der Waals surface area contributed by atoms with Gasteiger partial charge >= 0.3 is 0 Å². The molecule has 1 aliphatic carbocycles. The van der Waals surface area contributed by atoms with E-state index in [1.165, 1.54) is 0 Å². The van der Waals surface area contributed by atoms with Crippen LogP contribution in [0.25, 0.3) is 0 Å². The molecular formula is C19H20N2O3. The van der Waals surface area contributed by atoms with Crippen molar-refractivity contribution in [3.05, 3.63) is 59.7 Å². The molecule has 0 heterocycles. The van der Waals surface area contributed by atoms with Gasteiger partial charge < -0.3 is 15.3 Å². The van der Waals surface area contributed by atoms with Crippen molar-refractivity contribution in [1.29, 1.82) is 0 Å². The van der Waals surface area contributed by atoms with Gasteiger partial charge in [0.1, 0.15) is 5.75 Å². The van der Waals surface area contributed by atoms with Gasteiger partial charge in [0.25, 0.3) is 5.91 Å². The Morgan fingerprint density at radius 1 is 1.17 bits per heavy atom. The molecule has 5 heteroatoms. The van der Waals surface area contributed by atoms with Gasteiger partial charge in [0.05, 0.1) is 0 Å². The molecule has 2 amide bonds. The maximum atomic E-state index is 12.5. The predicted octanol–water partition coefficient (Wildman–Crippen LogP) is 3.01. The van der Waals surface area contributed by atoms with Crippen molar-refractivity contribution >= 4 is 17.5 Å². The molecule has 0 atom stereocenters. The summed E-state index contributed by atoms with van der Waals surface area (Å²) in [6, 6.07) is 13.8. The van der Waals surface area contributed by atoms with E-state index < -0.39 is 0 Å². The lowest BCUT2D eigenvalue weighted by molar-refractivity contribution is -0.117. The topological polar surface area (TPSA) is 69.6 Å². The predicted molar refractivity (Wildman–Crippen MR) is 91.7 cm³/mol. The van der Waals surface area contributed by atoms with E-state index in [9.17, 15) is 14.7 Å². The lowest BCUT2D eigenvalue weighted by atomic mass is 10.1. The molecular weight excluding hydrogens is 304 g/mol. The number of amides is 2. The Balaban J connectivity index is 1.62. The van der Waals surface area contributed by atoms with E-state index in [1.807, 2.05) is 6.07 Å². The number of benzene rings is 2. The fourth-order valence-electron chi connectivity index (χ4n) is 2.51. The lowest BCUT2D eigenvalue weighted by Crippen LogP contribution is -2.26. The van der Waals surface area contributed by atoms with Crippen molar-refractivity contribution < 1.29 is 14.7 Å². The second-order valence-corrected chi connectivity index (χ2v) is 6.17.